The highest BCUT2D eigenvalue weighted by molar-refractivity contribution is 5.85. The monoisotopic (exact) mass is 283 g/mol. The van der Waals surface area contributed by atoms with Crippen LogP contribution in [0.4, 0.5) is 4.39 Å². The van der Waals surface area contributed by atoms with Gasteiger partial charge in [0.05, 0.1) is 12.2 Å². The van der Waals surface area contributed by atoms with Crippen LogP contribution >= 0.6 is 12.4 Å². The van der Waals surface area contributed by atoms with Crippen LogP contribution in [-0.4, -0.2) is 22.4 Å². The minimum Gasteiger partial charge on any atom is -0.313 e. The molecule has 1 aromatic heterocycles. The summed E-state index contributed by atoms with van der Waals surface area (Å²) < 4.78 is 14.7. The van der Waals surface area contributed by atoms with E-state index in [1.807, 2.05) is 16.9 Å². The van der Waals surface area contributed by atoms with Crippen LogP contribution in [0.15, 0.2) is 36.5 Å². The Morgan fingerprint density at radius 1 is 1.26 bits per heavy atom. The van der Waals surface area contributed by atoms with Crippen molar-refractivity contribution >= 4 is 12.4 Å². The van der Waals surface area contributed by atoms with Crippen molar-refractivity contribution < 1.29 is 4.39 Å². The number of likely N-dealkylation sites (N-methyl/N-ethyl adjacent to an activating group) is 1. The van der Waals surface area contributed by atoms with E-state index in [0.717, 1.165) is 24.3 Å². The molecule has 0 bridgehead atoms. The highest BCUT2D eigenvalue weighted by atomic mass is 35.5. The Balaban J connectivity index is 0.00000180. The van der Waals surface area contributed by atoms with Crippen molar-refractivity contribution in [1.82, 2.24) is 15.1 Å². The Kier molecular flexibility index (Phi) is 5.99. The maximum absolute atomic E-state index is 12.8. The predicted octanol–water partition coefficient (Wildman–Crippen LogP) is 3.11. The van der Waals surface area contributed by atoms with E-state index in [1.165, 1.54) is 12.1 Å². The van der Waals surface area contributed by atoms with Gasteiger partial charge in [-0.1, -0.05) is 6.92 Å². The maximum atomic E-state index is 12.8. The first-order valence-corrected chi connectivity index (χ1v) is 6.22. The number of nitrogens with one attached hydrogen (secondary N) is 1. The molecule has 2 aromatic rings. The van der Waals surface area contributed by atoms with Gasteiger partial charge in [0.25, 0.3) is 0 Å². The number of rotatable bonds is 5. The van der Waals surface area contributed by atoms with Crippen LogP contribution in [0.3, 0.4) is 0 Å². The number of aromatic nitrogens is 2. The average molecular weight is 284 g/mol. The molecular formula is C14H19ClFN3. The minimum absolute atomic E-state index is 0. The van der Waals surface area contributed by atoms with Gasteiger partial charge >= 0.3 is 0 Å². The normalized spacial score (nSPS) is 11.9. The number of halogens is 2. The fraction of sp³-hybridized carbons (Fsp3) is 0.357. The van der Waals surface area contributed by atoms with E-state index in [-0.39, 0.29) is 18.2 Å². The highest BCUT2D eigenvalue weighted by Crippen LogP contribution is 2.17. The molecule has 19 heavy (non-hydrogen) atoms. The summed E-state index contributed by atoms with van der Waals surface area (Å²) in [6.45, 7) is 5.99. The maximum Gasteiger partial charge on any atom is 0.123 e. The van der Waals surface area contributed by atoms with E-state index < -0.39 is 0 Å². The van der Waals surface area contributed by atoms with Crippen molar-refractivity contribution in [2.24, 2.45) is 0 Å². The third-order valence-corrected chi connectivity index (χ3v) is 2.79. The van der Waals surface area contributed by atoms with Crippen LogP contribution in [-0.2, 0) is 6.54 Å². The van der Waals surface area contributed by atoms with Crippen molar-refractivity contribution in [2.75, 3.05) is 6.54 Å². The lowest BCUT2D eigenvalue weighted by Crippen LogP contribution is -2.30. The van der Waals surface area contributed by atoms with Crippen molar-refractivity contribution in [3.63, 3.8) is 0 Å². The number of hydrogen-bond donors (Lipinski definition) is 1. The van der Waals surface area contributed by atoms with E-state index in [4.69, 9.17) is 0 Å². The van der Waals surface area contributed by atoms with E-state index in [9.17, 15) is 4.39 Å². The molecule has 0 aliphatic rings. The zero-order chi connectivity index (χ0) is 13.0. The summed E-state index contributed by atoms with van der Waals surface area (Å²) in [5, 5.41) is 7.83. The topological polar surface area (TPSA) is 29.9 Å². The van der Waals surface area contributed by atoms with Gasteiger partial charge in [-0.15, -0.1) is 12.4 Å². The molecule has 0 spiro atoms. The summed E-state index contributed by atoms with van der Waals surface area (Å²) in [6.07, 6.45) is 1.95. The molecular weight excluding hydrogens is 265 g/mol. The summed E-state index contributed by atoms with van der Waals surface area (Å²) in [5.74, 6) is -0.223. The van der Waals surface area contributed by atoms with Gasteiger partial charge in [0.2, 0.25) is 0 Å². The zero-order valence-electron chi connectivity index (χ0n) is 11.1. The summed E-state index contributed by atoms with van der Waals surface area (Å²) in [7, 11) is 0. The van der Waals surface area contributed by atoms with Crippen LogP contribution in [0.5, 0.6) is 0 Å². The molecule has 3 nitrogen and oxygen atoms in total. The Labute approximate surface area is 119 Å². The fourth-order valence-electron chi connectivity index (χ4n) is 1.93. The summed E-state index contributed by atoms with van der Waals surface area (Å²) >= 11 is 0. The van der Waals surface area contributed by atoms with E-state index in [2.05, 4.69) is 24.3 Å². The molecule has 2 rings (SSSR count). The SMILES string of the molecule is CCNC(C)Cn1ccc(-c2ccc(F)cc2)n1.Cl. The first kappa shape index (κ1) is 15.7. The average Bonchev–Trinajstić information content (AvgIpc) is 2.78. The molecule has 0 radical (unpaired) electrons. The van der Waals surface area contributed by atoms with Gasteiger partial charge in [-0.25, -0.2) is 4.39 Å². The number of benzene rings is 1. The number of nitrogens with zero attached hydrogens (tertiary/aromatic N) is 2. The lowest BCUT2D eigenvalue weighted by Gasteiger charge is -2.11. The predicted molar refractivity (Wildman–Crippen MR) is 78.0 cm³/mol. The third kappa shape index (κ3) is 4.33. The molecule has 104 valence electrons. The van der Waals surface area contributed by atoms with Crippen LogP contribution in [0, 0.1) is 5.82 Å². The Bertz CT molecular complexity index is 496. The molecule has 0 amide bonds. The first-order valence-electron chi connectivity index (χ1n) is 6.22. The smallest absolute Gasteiger partial charge is 0.123 e. The lowest BCUT2D eigenvalue weighted by molar-refractivity contribution is 0.462. The van der Waals surface area contributed by atoms with Crippen LogP contribution in [0.25, 0.3) is 11.3 Å². The van der Waals surface area contributed by atoms with E-state index >= 15 is 0 Å². The van der Waals surface area contributed by atoms with Gasteiger partial charge in [-0.2, -0.15) is 5.10 Å². The Hall–Kier alpha value is -1.39. The molecule has 0 saturated heterocycles. The molecule has 1 heterocycles. The van der Waals surface area contributed by atoms with Crippen LogP contribution in [0.2, 0.25) is 0 Å². The minimum atomic E-state index is -0.223. The number of hydrogen-bond acceptors (Lipinski definition) is 2. The molecule has 1 aromatic carbocycles. The first-order chi connectivity index (χ1) is 8.69. The fourth-order valence-corrected chi connectivity index (χ4v) is 1.93. The molecule has 0 fully saturated rings. The molecule has 0 aliphatic carbocycles. The van der Waals surface area contributed by atoms with Gasteiger partial charge in [-0.3, -0.25) is 4.68 Å². The molecule has 1 N–H and O–H groups in total. The summed E-state index contributed by atoms with van der Waals surface area (Å²) in [4.78, 5) is 0. The Morgan fingerprint density at radius 2 is 1.95 bits per heavy atom. The van der Waals surface area contributed by atoms with Crippen LogP contribution < -0.4 is 5.32 Å². The molecule has 5 heteroatoms. The van der Waals surface area contributed by atoms with Gasteiger partial charge in [0.15, 0.2) is 0 Å². The second-order valence-corrected chi connectivity index (χ2v) is 4.39. The van der Waals surface area contributed by atoms with Gasteiger partial charge in [0.1, 0.15) is 5.82 Å². The summed E-state index contributed by atoms with van der Waals surface area (Å²) in [5.41, 5.74) is 1.81. The second kappa shape index (κ2) is 7.26. The lowest BCUT2D eigenvalue weighted by atomic mass is 10.1. The summed E-state index contributed by atoms with van der Waals surface area (Å²) in [6, 6.07) is 8.73. The van der Waals surface area contributed by atoms with E-state index in [0.29, 0.717) is 6.04 Å². The third-order valence-electron chi connectivity index (χ3n) is 2.79. The highest BCUT2D eigenvalue weighted by Gasteiger charge is 2.05. The van der Waals surface area contributed by atoms with Gasteiger partial charge < -0.3 is 5.32 Å². The molecule has 1 unspecified atom stereocenters. The van der Waals surface area contributed by atoms with Crippen molar-refractivity contribution in [3.8, 4) is 11.3 Å². The van der Waals surface area contributed by atoms with Crippen molar-refractivity contribution in [3.05, 3.63) is 42.3 Å². The van der Waals surface area contributed by atoms with Crippen molar-refractivity contribution in [2.45, 2.75) is 26.4 Å². The second-order valence-electron chi connectivity index (χ2n) is 4.39. The zero-order valence-corrected chi connectivity index (χ0v) is 12.0. The molecule has 0 saturated carbocycles. The molecule has 1 atom stereocenters. The van der Waals surface area contributed by atoms with Crippen molar-refractivity contribution in [1.29, 1.82) is 0 Å². The standard InChI is InChI=1S/C14H18FN3.ClH/c1-3-16-11(2)10-18-9-8-14(17-18)12-4-6-13(15)7-5-12;/h4-9,11,16H,3,10H2,1-2H3;1H. The molecule has 0 aliphatic heterocycles. The van der Waals surface area contributed by atoms with E-state index in [1.54, 1.807) is 12.1 Å². The Morgan fingerprint density at radius 3 is 2.58 bits per heavy atom. The largest absolute Gasteiger partial charge is 0.313 e. The van der Waals surface area contributed by atoms with Gasteiger partial charge in [-0.05, 0) is 43.8 Å². The van der Waals surface area contributed by atoms with Gasteiger partial charge in [0, 0.05) is 17.8 Å². The quantitative estimate of drug-likeness (QED) is 0.914. The van der Waals surface area contributed by atoms with Crippen LogP contribution in [0.1, 0.15) is 13.8 Å².